The summed E-state index contributed by atoms with van der Waals surface area (Å²) in [6.45, 7) is 6.31. The van der Waals surface area contributed by atoms with Crippen LogP contribution in [0.25, 0.3) is 0 Å². The second-order valence-corrected chi connectivity index (χ2v) is 17.2. The van der Waals surface area contributed by atoms with Crippen molar-refractivity contribution in [2.75, 3.05) is 6.61 Å². The molecule has 6 heteroatoms. The molecule has 0 rings (SSSR count). The number of hydrogen-bond acceptors (Lipinski definition) is 5. The fraction of sp³-hybridized carbons (Fsp3) is 0.684. The lowest BCUT2D eigenvalue weighted by atomic mass is 10.0. The van der Waals surface area contributed by atoms with Crippen molar-refractivity contribution in [1.29, 1.82) is 0 Å². The summed E-state index contributed by atoms with van der Waals surface area (Å²) in [5.74, 6) is -0.668. The molecular formula is C57H97NO5. The minimum Gasteiger partial charge on any atom is -0.458 e. The van der Waals surface area contributed by atoms with E-state index in [9.17, 15) is 19.8 Å². The van der Waals surface area contributed by atoms with Gasteiger partial charge in [0.25, 0.3) is 0 Å². The van der Waals surface area contributed by atoms with Gasteiger partial charge in [0.15, 0.2) is 0 Å². The molecule has 6 nitrogen and oxygen atoms in total. The van der Waals surface area contributed by atoms with Gasteiger partial charge in [0.2, 0.25) is 5.91 Å². The third-order valence-corrected chi connectivity index (χ3v) is 11.2. The van der Waals surface area contributed by atoms with Gasteiger partial charge >= 0.3 is 5.97 Å². The largest absolute Gasteiger partial charge is 0.458 e. The summed E-state index contributed by atoms with van der Waals surface area (Å²) in [5, 5.41) is 23.7. The average molecular weight is 876 g/mol. The second kappa shape index (κ2) is 49.8. The number of amides is 1. The Bertz CT molecular complexity index is 1260. The van der Waals surface area contributed by atoms with Gasteiger partial charge in [-0.15, -0.1) is 0 Å². The zero-order valence-corrected chi connectivity index (χ0v) is 40.9. The van der Waals surface area contributed by atoms with Crippen molar-refractivity contribution in [2.24, 2.45) is 0 Å². The highest BCUT2D eigenvalue weighted by Crippen LogP contribution is 2.15. The highest BCUT2D eigenvalue weighted by atomic mass is 16.5. The van der Waals surface area contributed by atoms with Crippen LogP contribution < -0.4 is 5.32 Å². The number of aliphatic hydroxyl groups excluding tert-OH is 2. The Kier molecular flexibility index (Phi) is 47.2. The van der Waals surface area contributed by atoms with Gasteiger partial charge in [0.05, 0.1) is 25.2 Å². The molecule has 63 heavy (non-hydrogen) atoms. The average Bonchev–Trinajstić information content (AvgIpc) is 3.28. The van der Waals surface area contributed by atoms with E-state index >= 15 is 0 Å². The van der Waals surface area contributed by atoms with E-state index in [-0.39, 0.29) is 24.9 Å². The normalized spacial score (nSPS) is 14.0. The molecule has 0 aliphatic heterocycles. The van der Waals surface area contributed by atoms with E-state index in [0.717, 1.165) is 83.5 Å². The monoisotopic (exact) mass is 876 g/mol. The molecule has 3 atom stereocenters. The summed E-state index contributed by atoms with van der Waals surface area (Å²) in [4.78, 5) is 26.1. The molecule has 0 aliphatic rings. The van der Waals surface area contributed by atoms with Crippen molar-refractivity contribution < 1.29 is 24.5 Å². The molecule has 0 radical (unpaired) electrons. The van der Waals surface area contributed by atoms with Gasteiger partial charge in [-0.25, -0.2) is 0 Å². The van der Waals surface area contributed by atoms with Crippen molar-refractivity contribution in [1.82, 2.24) is 5.32 Å². The molecule has 360 valence electrons. The Morgan fingerprint density at radius 1 is 0.508 bits per heavy atom. The van der Waals surface area contributed by atoms with E-state index in [1.807, 2.05) is 6.08 Å². The molecule has 0 aromatic rings. The van der Waals surface area contributed by atoms with E-state index < -0.39 is 18.2 Å². The molecular weight excluding hydrogens is 779 g/mol. The molecule has 0 spiro atoms. The zero-order valence-electron chi connectivity index (χ0n) is 40.9. The van der Waals surface area contributed by atoms with Gasteiger partial charge in [-0.2, -0.15) is 0 Å². The highest BCUT2D eigenvalue weighted by Gasteiger charge is 2.23. The summed E-state index contributed by atoms with van der Waals surface area (Å²) in [6.07, 6.45) is 66.4. The number of unbranched alkanes of at least 4 members (excludes halogenated alkanes) is 20. The van der Waals surface area contributed by atoms with Gasteiger partial charge in [-0.05, 0) is 83.1 Å². The van der Waals surface area contributed by atoms with E-state index in [1.54, 1.807) is 6.08 Å². The van der Waals surface area contributed by atoms with Crippen molar-refractivity contribution >= 4 is 11.9 Å². The van der Waals surface area contributed by atoms with Crippen molar-refractivity contribution in [2.45, 2.75) is 244 Å². The first kappa shape index (κ1) is 59.8. The Morgan fingerprint density at radius 3 is 1.38 bits per heavy atom. The van der Waals surface area contributed by atoms with E-state index in [4.69, 9.17) is 4.74 Å². The maximum absolute atomic E-state index is 13.2. The van der Waals surface area contributed by atoms with Gasteiger partial charge < -0.3 is 20.3 Å². The van der Waals surface area contributed by atoms with Crippen molar-refractivity contribution in [3.63, 3.8) is 0 Å². The van der Waals surface area contributed by atoms with Crippen LogP contribution in [0, 0.1) is 0 Å². The number of hydrogen-bond donors (Lipinski definition) is 3. The predicted molar refractivity (Wildman–Crippen MR) is 273 cm³/mol. The van der Waals surface area contributed by atoms with Gasteiger partial charge in [0.1, 0.15) is 6.10 Å². The SMILES string of the molecule is CC/C=C\C/C=C\C/C=C\C/C=C\C/C=C\C/C=C\C(CC(=O)NC(CO)C(O)CCCCCCCCCCCCC)OC(=O)CCCCC/C=C/C=C/CCCCCCCCC. The Balaban J connectivity index is 4.84. The van der Waals surface area contributed by atoms with Crippen LogP contribution in [0.5, 0.6) is 0 Å². The molecule has 0 aromatic heterocycles. The van der Waals surface area contributed by atoms with Crippen LogP contribution in [-0.4, -0.2) is 46.9 Å². The number of carbonyl (C=O) groups excluding carboxylic acids is 2. The molecule has 0 heterocycles. The lowest BCUT2D eigenvalue weighted by Gasteiger charge is -2.23. The molecule has 0 aliphatic carbocycles. The lowest BCUT2D eigenvalue weighted by molar-refractivity contribution is -0.148. The third kappa shape index (κ3) is 45.2. The maximum Gasteiger partial charge on any atom is 0.306 e. The first-order valence-electron chi connectivity index (χ1n) is 26.0. The number of ether oxygens (including phenoxy) is 1. The van der Waals surface area contributed by atoms with Crippen LogP contribution >= 0.6 is 0 Å². The van der Waals surface area contributed by atoms with Crippen molar-refractivity contribution in [3.05, 3.63) is 97.2 Å². The third-order valence-electron chi connectivity index (χ3n) is 11.2. The predicted octanol–water partition coefficient (Wildman–Crippen LogP) is 15.7. The van der Waals surface area contributed by atoms with Crippen LogP contribution in [0.2, 0.25) is 0 Å². The van der Waals surface area contributed by atoms with Crippen LogP contribution in [-0.2, 0) is 14.3 Å². The van der Waals surface area contributed by atoms with Crippen LogP contribution in [0.15, 0.2) is 97.2 Å². The molecule has 3 N–H and O–H groups in total. The van der Waals surface area contributed by atoms with Gasteiger partial charge in [-0.1, -0.05) is 227 Å². The molecule has 0 saturated carbocycles. The second-order valence-electron chi connectivity index (χ2n) is 17.2. The molecule has 0 fully saturated rings. The smallest absolute Gasteiger partial charge is 0.306 e. The number of allylic oxidation sites excluding steroid dienone is 15. The first-order valence-corrected chi connectivity index (χ1v) is 26.0. The molecule has 1 amide bonds. The van der Waals surface area contributed by atoms with E-state index in [2.05, 4.69) is 111 Å². The van der Waals surface area contributed by atoms with Crippen LogP contribution in [0.1, 0.15) is 226 Å². The summed E-state index contributed by atoms with van der Waals surface area (Å²) in [7, 11) is 0. The molecule has 0 saturated heterocycles. The van der Waals surface area contributed by atoms with Crippen molar-refractivity contribution in [3.8, 4) is 0 Å². The standard InChI is InChI=1S/C57H97NO5/c1-4-7-10-13-16-19-22-24-26-28-29-31-34-36-39-42-45-48-53(63-57(62)50-47-44-41-38-35-32-30-27-25-23-20-17-14-11-8-5-2)51-56(61)58-54(52-59)55(60)49-46-43-40-37-33-21-18-15-12-9-6-3/h7,10,16,19,24,26-27,29-32,35-36,39,45,48,53-55,59-60H,4-6,8-9,11-15,17-18,20-23,25,28,33-34,37-38,40-44,46-47,49-52H2,1-3H3,(H,58,61)/b10-7-,19-16-,26-24-,30-27+,31-29-,35-32+,39-36-,48-45-. The Labute approximate surface area is 388 Å². The fourth-order valence-electron chi connectivity index (χ4n) is 7.24. The fourth-order valence-corrected chi connectivity index (χ4v) is 7.24. The number of nitrogens with one attached hydrogen (secondary N) is 1. The number of esters is 1. The van der Waals surface area contributed by atoms with E-state index in [0.29, 0.717) is 19.3 Å². The number of rotatable bonds is 45. The lowest BCUT2D eigenvalue weighted by Crippen LogP contribution is -2.46. The van der Waals surface area contributed by atoms with Crippen LogP contribution in [0.3, 0.4) is 0 Å². The number of carbonyl (C=O) groups is 2. The zero-order chi connectivity index (χ0) is 45.9. The molecule has 3 unspecified atom stereocenters. The Hall–Kier alpha value is -3.22. The highest BCUT2D eigenvalue weighted by molar-refractivity contribution is 5.78. The molecule has 0 bridgehead atoms. The van der Waals surface area contributed by atoms with Gasteiger partial charge in [0, 0.05) is 6.42 Å². The summed E-state index contributed by atoms with van der Waals surface area (Å²) in [5.41, 5.74) is 0. The first-order chi connectivity index (χ1) is 31.0. The maximum atomic E-state index is 13.2. The topological polar surface area (TPSA) is 95.9 Å². The van der Waals surface area contributed by atoms with E-state index in [1.165, 1.54) is 96.3 Å². The summed E-state index contributed by atoms with van der Waals surface area (Å²) < 4.78 is 5.81. The number of aliphatic hydroxyl groups is 2. The summed E-state index contributed by atoms with van der Waals surface area (Å²) in [6, 6.07) is -0.753. The van der Waals surface area contributed by atoms with Crippen LogP contribution in [0.4, 0.5) is 0 Å². The quantitative estimate of drug-likeness (QED) is 0.0245. The summed E-state index contributed by atoms with van der Waals surface area (Å²) >= 11 is 0. The minimum atomic E-state index is -0.829. The van der Waals surface area contributed by atoms with Gasteiger partial charge in [-0.3, -0.25) is 9.59 Å². The molecule has 0 aromatic carbocycles. The minimum absolute atomic E-state index is 0.0627. The Morgan fingerprint density at radius 2 is 0.921 bits per heavy atom.